The predicted octanol–water partition coefficient (Wildman–Crippen LogP) is 2.50. The fraction of sp³-hybridized carbons (Fsp3) is 0.333. The van der Waals surface area contributed by atoms with Gasteiger partial charge in [0.1, 0.15) is 4.66 Å². The minimum absolute atomic E-state index is 0.153. The third-order valence-corrected chi connectivity index (χ3v) is 4.77. The van der Waals surface area contributed by atoms with E-state index in [1.807, 2.05) is 0 Å². The van der Waals surface area contributed by atoms with Crippen molar-refractivity contribution < 1.29 is 8.42 Å². The molecule has 1 aromatic carbocycles. The number of benzene rings is 1. The van der Waals surface area contributed by atoms with Crippen LogP contribution in [0.15, 0.2) is 18.2 Å². The largest absolute Gasteiger partial charge is 0.375 e. The Balaban J connectivity index is 3.19. The van der Waals surface area contributed by atoms with Crippen LogP contribution in [0.1, 0.15) is 0 Å². The first-order valence-corrected chi connectivity index (χ1v) is 7.55. The predicted molar refractivity (Wildman–Crippen MR) is 72.1 cm³/mol. The zero-order chi connectivity index (χ0) is 12.3. The highest BCUT2D eigenvalue weighted by atomic mass is 79.9. The summed E-state index contributed by atoms with van der Waals surface area (Å²) in [5.74, 6) is 0. The number of halogens is 2. The Morgan fingerprint density at radius 2 is 2.06 bits per heavy atom. The Hall–Kier alpha value is -0.460. The Morgan fingerprint density at radius 3 is 2.56 bits per heavy atom. The van der Waals surface area contributed by atoms with Crippen molar-refractivity contribution in [2.24, 2.45) is 0 Å². The van der Waals surface area contributed by atoms with Crippen LogP contribution in [0.4, 0.5) is 11.4 Å². The van der Waals surface area contributed by atoms with E-state index in [1.54, 1.807) is 37.2 Å². The number of rotatable bonds is 4. The highest BCUT2D eigenvalue weighted by molar-refractivity contribution is 9.10. The summed E-state index contributed by atoms with van der Waals surface area (Å²) < 4.78 is 25.2. The lowest BCUT2D eigenvalue weighted by molar-refractivity contribution is 0.606. The zero-order valence-electron chi connectivity index (χ0n) is 8.87. The fourth-order valence-electron chi connectivity index (χ4n) is 1.25. The van der Waals surface area contributed by atoms with Crippen LogP contribution in [-0.4, -0.2) is 27.2 Å². The average Bonchev–Trinajstić information content (AvgIpc) is 2.16. The van der Waals surface area contributed by atoms with Crippen LogP contribution < -0.4 is 9.62 Å². The van der Waals surface area contributed by atoms with E-state index >= 15 is 0 Å². The van der Waals surface area contributed by atoms with Crippen molar-refractivity contribution in [3.63, 3.8) is 0 Å². The van der Waals surface area contributed by atoms with Crippen molar-refractivity contribution in [3.05, 3.63) is 23.2 Å². The van der Waals surface area contributed by atoms with Gasteiger partial charge in [0.15, 0.2) is 0 Å². The van der Waals surface area contributed by atoms with Gasteiger partial charge in [0, 0.05) is 14.1 Å². The summed E-state index contributed by atoms with van der Waals surface area (Å²) in [6.45, 7) is 0. The summed E-state index contributed by atoms with van der Waals surface area (Å²) in [4.78, 5) is 1.76. The van der Waals surface area contributed by atoms with Gasteiger partial charge in [0.05, 0.1) is 16.4 Å². The zero-order valence-corrected chi connectivity index (χ0v) is 12.0. The lowest BCUT2D eigenvalue weighted by Gasteiger charge is -2.19. The van der Waals surface area contributed by atoms with E-state index in [4.69, 9.17) is 11.6 Å². The van der Waals surface area contributed by atoms with Gasteiger partial charge in [-0.25, -0.2) is 8.42 Å². The lowest BCUT2D eigenvalue weighted by atomic mass is 10.2. The number of para-hydroxylation sites is 1. The number of nitrogens with zero attached hydrogens (tertiary/aromatic N) is 1. The van der Waals surface area contributed by atoms with Crippen molar-refractivity contribution in [3.8, 4) is 0 Å². The molecule has 16 heavy (non-hydrogen) atoms. The normalized spacial score (nSPS) is 11.2. The molecule has 1 N–H and O–H groups in total. The molecule has 0 bridgehead atoms. The van der Waals surface area contributed by atoms with Crippen LogP contribution in [0.25, 0.3) is 0 Å². The molecule has 1 rings (SSSR count). The summed E-state index contributed by atoms with van der Waals surface area (Å²) in [5, 5.41) is 0.500. The van der Waals surface area contributed by atoms with E-state index in [0.717, 1.165) is 0 Å². The van der Waals surface area contributed by atoms with Crippen LogP contribution in [0.5, 0.6) is 0 Å². The lowest BCUT2D eigenvalue weighted by Crippen LogP contribution is -2.17. The second kappa shape index (κ2) is 5.25. The molecule has 0 aliphatic carbocycles. The maximum absolute atomic E-state index is 11.4. The van der Waals surface area contributed by atoms with Crippen molar-refractivity contribution >= 4 is 48.9 Å². The van der Waals surface area contributed by atoms with Gasteiger partial charge < -0.3 is 4.90 Å². The van der Waals surface area contributed by atoms with Crippen LogP contribution >= 0.6 is 27.5 Å². The highest BCUT2D eigenvalue weighted by Gasteiger charge is 2.14. The quantitative estimate of drug-likeness (QED) is 0.865. The Bertz CT molecular complexity index is 476. The first-order valence-electron chi connectivity index (χ1n) is 4.39. The standard InChI is InChI=1S/C9H12BrClN2O2S/c1-13(2)9-7(11)4-3-5-8(9)12-16(14,15)6-10/h3-5,12H,6H2,1-2H3. The third-order valence-electron chi connectivity index (χ3n) is 1.84. The molecule has 1 aromatic rings. The van der Waals surface area contributed by atoms with E-state index in [1.165, 1.54) is 0 Å². The minimum Gasteiger partial charge on any atom is -0.375 e. The molecule has 0 heterocycles. The van der Waals surface area contributed by atoms with Crippen molar-refractivity contribution in [2.75, 3.05) is 28.4 Å². The SMILES string of the molecule is CN(C)c1c(Cl)cccc1NS(=O)(=O)CBr. The molecule has 0 atom stereocenters. The molecule has 4 nitrogen and oxygen atoms in total. The molecule has 0 unspecified atom stereocenters. The summed E-state index contributed by atoms with van der Waals surface area (Å²) >= 11 is 8.92. The maximum Gasteiger partial charge on any atom is 0.242 e. The molecular weight excluding hydrogens is 316 g/mol. The molecule has 0 amide bonds. The Morgan fingerprint density at radius 1 is 1.44 bits per heavy atom. The number of alkyl halides is 1. The number of anilines is 2. The van der Waals surface area contributed by atoms with Gasteiger partial charge in [0.25, 0.3) is 0 Å². The molecule has 0 saturated carbocycles. The van der Waals surface area contributed by atoms with E-state index < -0.39 is 10.0 Å². The molecule has 0 saturated heterocycles. The van der Waals surface area contributed by atoms with Gasteiger partial charge in [0.2, 0.25) is 10.0 Å². The average molecular weight is 328 g/mol. The molecule has 0 aliphatic heterocycles. The van der Waals surface area contributed by atoms with Gasteiger partial charge in [-0.05, 0) is 12.1 Å². The first-order chi connectivity index (χ1) is 7.37. The van der Waals surface area contributed by atoms with Crippen LogP contribution in [0.2, 0.25) is 5.02 Å². The molecule has 0 spiro atoms. The summed E-state index contributed by atoms with van der Waals surface area (Å²) in [6.07, 6.45) is 0. The Kier molecular flexibility index (Phi) is 4.46. The third kappa shape index (κ3) is 3.26. The van der Waals surface area contributed by atoms with Crippen LogP contribution in [0.3, 0.4) is 0 Å². The number of hydrogen-bond donors (Lipinski definition) is 1. The molecule has 0 radical (unpaired) electrons. The number of sulfonamides is 1. The number of hydrogen-bond acceptors (Lipinski definition) is 3. The number of nitrogens with one attached hydrogen (secondary N) is 1. The van der Waals surface area contributed by atoms with Crippen molar-refractivity contribution in [2.45, 2.75) is 0 Å². The highest BCUT2D eigenvalue weighted by Crippen LogP contribution is 2.33. The van der Waals surface area contributed by atoms with Crippen LogP contribution in [-0.2, 0) is 10.0 Å². The second-order valence-corrected chi connectivity index (χ2v) is 6.79. The molecule has 0 aromatic heterocycles. The molecule has 7 heteroatoms. The fourth-order valence-corrected chi connectivity index (χ4v) is 2.49. The summed E-state index contributed by atoms with van der Waals surface area (Å²) in [6, 6.07) is 5.08. The minimum atomic E-state index is -3.36. The van der Waals surface area contributed by atoms with Gasteiger partial charge in [-0.1, -0.05) is 33.6 Å². The second-order valence-electron chi connectivity index (χ2n) is 3.36. The molecular formula is C9H12BrClN2O2S. The van der Waals surface area contributed by atoms with Crippen LogP contribution in [0, 0.1) is 0 Å². The molecule has 0 fully saturated rings. The van der Waals surface area contributed by atoms with Gasteiger partial charge in [-0.2, -0.15) is 0 Å². The van der Waals surface area contributed by atoms with E-state index in [2.05, 4.69) is 20.7 Å². The maximum atomic E-state index is 11.4. The van der Waals surface area contributed by atoms with E-state index in [9.17, 15) is 8.42 Å². The van der Waals surface area contributed by atoms with Crippen molar-refractivity contribution in [1.82, 2.24) is 0 Å². The van der Waals surface area contributed by atoms with Gasteiger partial charge in [-0.3, -0.25) is 4.72 Å². The van der Waals surface area contributed by atoms with Crippen molar-refractivity contribution in [1.29, 1.82) is 0 Å². The molecule has 90 valence electrons. The van der Waals surface area contributed by atoms with E-state index in [0.29, 0.717) is 16.4 Å². The molecule has 0 aliphatic rings. The topological polar surface area (TPSA) is 49.4 Å². The van der Waals surface area contributed by atoms with Gasteiger partial charge in [-0.15, -0.1) is 0 Å². The monoisotopic (exact) mass is 326 g/mol. The summed E-state index contributed by atoms with van der Waals surface area (Å²) in [5.41, 5.74) is 1.12. The van der Waals surface area contributed by atoms with Gasteiger partial charge >= 0.3 is 0 Å². The smallest absolute Gasteiger partial charge is 0.242 e. The summed E-state index contributed by atoms with van der Waals surface area (Å²) in [7, 11) is 0.234. The Labute approximate surface area is 109 Å². The van der Waals surface area contributed by atoms with E-state index in [-0.39, 0.29) is 4.66 Å². The first kappa shape index (κ1) is 13.6.